The first-order chi connectivity index (χ1) is 12.4. The molecule has 0 aromatic heterocycles. The van der Waals surface area contributed by atoms with Crippen molar-refractivity contribution in [1.82, 2.24) is 4.90 Å². The fourth-order valence-electron chi connectivity index (χ4n) is 2.90. The molecule has 26 heavy (non-hydrogen) atoms. The lowest BCUT2D eigenvalue weighted by Crippen LogP contribution is -2.48. The van der Waals surface area contributed by atoms with Crippen LogP contribution < -0.4 is 10.2 Å². The van der Waals surface area contributed by atoms with Crippen LogP contribution in [0.3, 0.4) is 0 Å². The molecule has 1 fully saturated rings. The minimum atomic E-state index is -1.06. The molecule has 0 spiro atoms. The van der Waals surface area contributed by atoms with Crippen molar-refractivity contribution in [3.8, 4) is 0 Å². The van der Waals surface area contributed by atoms with Crippen LogP contribution in [-0.4, -0.2) is 42.9 Å². The predicted molar refractivity (Wildman–Crippen MR) is 95.2 cm³/mol. The summed E-state index contributed by atoms with van der Waals surface area (Å²) in [7, 11) is 0. The summed E-state index contributed by atoms with van der Waals surface area (Å²) < 4.78 is 26.3. The maximum atomic E-state index is 13.3. The Morgan fingerprint density at radius 1 is 0.962 bits per heavy atom. The number of benzene rings is 2. The molecule has 0 bridgehead atoms. The number of hydrogen-bond acceptors (Lipinski definition) is 3. The van der Waals surface area contributed by atoms with Crippen LogP contribution in [0, 0.1) is 11.6 Å². The van der Waals surface area contributed by atoms with Gasteiger partial charge in [0.05, 0.1) is 0 Å². The minimum Gasteiger partial charge on any atom is -0.368 e. The quantitative estimate of drug-likeness (QED) is 0.917. The van der Waals surface area contributed by atoms with Crippen LogP contribution in [0.1, 0.15) is 17.3 Å². The summed E-state index contributed by atoms with van der Waals surface area (Å²) in [4.78, 5) is 27.6. The molecule has 0 radical (unpaired) electrons. The molecule has 2 aromatic rings. The van der Waals surface area contributed by atoms with Crippen molar-refractivity contribution >= 4 is 23.2 Å². The molecule has 0 aliphatic carbocycles. The highest BCUT2D eigenvalue weighted by Crippen LogP contribution is 2.22. The van der Waals surface area contributed by atoms with E-state index in [9.17, 15) is 18.4 Å². The topological polar surface area (TPSA) is 52.7 Å². The maximum Gasteiger partial charge on any atom is 0.255 e. The van der Waals surface area contributed by atoms with Gasteiger partial charge >= 0.3 is 0 Å². The molecule has 0 saturated carbocycles. The van der Waals surface area contributed by atoms with Crippen molar-refractivity contribution in [2.75, 3.05) is 36.4 Å². The molecular weight excluding hydrogens is 340 g/mol. The predicted octanol–water partition coefficient (Wildman–Crippen LogP) is 2.89. The van der Waals surface area contributed by atoms with E-state index in [-0.39, 0.29) is 11.5 Å². The average Bonchev–Trinajstić information content (AvgIpc) is 2.64. The van der Waals surface area contributed by atoms with Crippen molar-refractivity contribution in [2.45, 2.75) is 6.92 Å². The first-order valence-corrected chi connectivity index (χ1v) is 8.31. The molecule has 0 unspecified atom stereocenters. The smallest absolute Gasteiger partial charge is 0.255 e. The first kappa shape index (κ1) is 17.8. The van der Waals surface area contributed by atoms with Crippen LogP contribution in [0.4, 0.5) is 20.2 Å². The summed E-state index contributed by atoms with van der Waals surface area (Å²) in [5, 5.41) is 2.69. The van der Waals surface area contributed by atoms with Gasteiger partial charge in [0, 0.05) is 50.0 Å². The second-order valence-electron chi connectivity index (χ2n) is 6.13. The van der Waals surface area contributed by atoms with Gasteiger partial charge < -0.3 is 15.1 Å². The molecule has 5 nitrogen and oxygen atoms in total. The van der Waals surface area contributed by atoms with Crippen LogP contribution in [0.15, 0.2) is 42.5 Å². The number of halogens is 2. The molecule has 1 aliphatic rings. The Morgan fingerprint density at radius 3 is 2.35 bits per heavy atom. The van der Waals surface area contributed by atoms with E-state index >= 15 is 0 Å². The van der Waals surface area contributed by atoms with Gasteiger partial charge in [-0.3, -0.25) is 9.59 Å². The number of amides is 2. The number of nitrogens with one attached hydrogen (secondary N) is 1. The van der Waals surface area contributed by atoms with E-state index in [2.05, 4.69) is 10.2 Å². The van der Waals surface area contributed by atoms with Gasteiger partial charge in [0.1, 0.15) is 0 Å². The number of carbonyl (C=O) groups is 2. The number of rotatable bonds is 3. The largest absolute Gasteiger partial charge is 0.368 e. The van der Waals surface area contributed by atoms with E-state index in [0.29, 0.717) is 31.9 Å². The lowest BCUT2D eigenvalue weighted by atomic mass is 10.2. The summed E-state index contributed by atoms with van der Waals surface area (Å²) >= 11 is 0. The number of anilines is 2. The van der Waals surface area contributed by atoms with Crippen molar-refractivity contribution in [3.63, 3.8) is 0 Å². The average molecular weight is 359 g/mol. The van der Waals surface area contributed by atoms with E-state index in [1.165, 1.54) is 6.07 Å². The Kier molecular flexibility index (Phi) is 5.16. The second-order valence-corrected chi connectivity index (χ2v) is 6.13. The Bertz CT molecular complexity index is 833. The molecule has 2 aromatic carbocycles. The second kappa shape index (κ2) is 7.51. The summed E-state index contributed by atoms with van der Waals surface area (Å²) in [6.07, 6.45) is 0. The van der Waals surface area contributed by atoms with Crippen LogP contribution in [0.2, 0.25) is 0 Å². The van der Waals surface area contributed by atoms with Gasteiger partial charge in [-0.05, 0) is 36.4 Å². The maximum absolute atomic E-state index is 13.3. The van der Waals surface area contributed by atoms with Crippen molar-refractivity contribution < 1.29 is 18.4 Å². The number of hydrogen-bond donors (Lipinski definition) is 1. The van der Waals surface area contributed by atoms with Gasteiger partial charge in [-0.2, -0.15) is 0 Å². The molecule has 1 heterocycles. The lowest BCUT2D eigenvalue weighted by Gasteiger charge is -2.35. The number of piperazine rings is 1. The van der Waals surface area contributed by atoms with Gasteiger partial charge in [0.15, 0.2) is 11.6 Å². The number of carbonyl (C=O) groups excluding carboxylic acids is 2. The van der Waals surface area contributed by atoms with Gasteiger partial charge in [0.2, 0.25) is 5.91 Å². The molecular formula is C19H19F2N3O2. The monoisotopic (exact) mass is 359 g/mol. The zero-order chi connectivity index (χ0) is 18.7. The normalized spacial score (nSPS) is 14.3. The zero-order valence-electron chi connectivity index (χ0n) is 14.3. The third kappa shape index (κ3) is 3.99. The van der Waals surface area contributed by atoms with Gasteiger partial charge in [-0.15, -0.1) is 0 Å². The first-order valence-electron chi connectivity index (χ1n) is 8.31. The Hall–Kier alpha value is -2.96. The Morgan fingerprint density at radius 2 is 1.69 bits per heavy atom. The highest BCUT2D eigenvalue weighted by Gasteiger charge is 2.19. The summed E-state index contributed by atoms with van der Waals surface area (Å²) in [5.74, 6) is -2.50. The fourth-order valence-corrected chi connectivity index (χ4v) is 2.90. The number of nitrogens with zero attached hydrogens (tertiary/aromatic N) is 2. The third-order valence-corrected chi connectivity index (χ3v) is 4.38. The molecule has 136 valence electrons. The molecule has 3 rings (SSSR count). The lowest BCUT2D eigenvalue weighted by molar-refractivity contribution is -0.129. The van der Waals surface area contributed by atoms with Gasteiger partial charge in [-0.25, -0.2) is 8.78 Å². The zero-order valence-corrected chi connectivity index (χ0v) is 14.3. The van der Waals surface area contributed by atoms with Crippen molar-refractivity contribution in [1.29, 1.82) is 0 Å². The molecule has 1 saturated heterocycles. The van der Waals surface area contributed by atoms with Crippen LogP contribution in [0.5, 0.6) is 0 Å². The minimum absolute atomic E-state index is 0.0457. The van der Waals surface area contributed by atoms with Crippen molar-refractivity contribution in [3.05, 3.63) is 59.7 Å². The molecule has 2 amide bonds. The van der Waals surface area contributed by atoms with Crippen LogP contribution in [0.25, 0.3) is 0 Å². The highest BCUT2D eigenvalue weighted by molar-refractivity contribution is 6.04. The van der Waals surface area contributed by atoms with E-state index in [0.717, 1.165) is 17.8 Å². The Balaban J connectivity index is 1.68. The Labute approximate surface area is 150 Å². The van der Waals surface area contributed by atoms with E-state index < -0.39 is 17.5 Å². The van der Waals surface area contributed by atoms with Gasteiger partial charge in [-0.1, -0.05) is 6.07 Å². The summed E-state index contributed by atoms with van der Waals surface area (Å²) in [6.45, 7) is 4.28. The standard InChI is InChI=1S/C19H19F2N3O2/c1-13(25)23-7-9-24(10-8-23)16-4-2-3-15(12-16)22-19(26)14-5-6-17(20)18(21)11-14/h2-6,11-12H,7-10H2,1H3,(H,22,26). The van der Waals surface area contributed by atoms with E-state index in [4.69, 9.17) is 0 Å². The van der Waals surface area contributed by atoms with Crippen LogP contribution in [-0.2, 0) is 4.79 Å². The SMILES string of the molecule is CC(=O)N1CCN(c2cccc(NC(=O)c3ccc(F)c(F)c3)c2)CC1. The molecule has 1 aliphatic heterocycles. The van der Waals surface area contributed by atoms with Crippen molar-refractivity contribution in [2.24, 2.45) is 0 Å². The summed E-state index contributed by atoms with van der Waals surface area (Å²) in [6, 6.07) is 10.3. The third-order valence-electron chi connectivity index (χ3n) is 4.38. The molecule has 0 atom stereocenters. The van der Waals surface area contributed by atoms with E-state index in [1.54, 1.807) is 17.9 Å². The molecule has 1 N–H and O–H groups in total. The molecule has 7 heteroatoms. The fraction of sp³-hybridized carbons (Fsp3) is 0.263. The van der Waals surface area contributed by atoms with Gasteiger partial charge in [0.25, 0.3) is 5.91 Å². The van der Waals surface area contributed by atoms with E-state index in [1.807, 2.05) is 18.2 Å². The van der Waals surface area contributed by atoms with Crippen LogP contribution >= 0.6 is 0 Å². The summed E-state index contributed by atoms with van der Waals surface area (Å²) in [5.41, 5.74) is 1.53. The highest BCUT2D eigenvalue weighted by atomic mass is 19.2.